The van der Waals surface area contributed by atoms with E-state index in [9.17, 15) is 14.4 Å². The fraction of sp³-hybridized carbons (Fsp3) is 0.120. The van der Waals surface area contributed by atoms with Crippen molar-refractivity contribution >= 4 is 35.5 Å². The Balaban J connectivity index is 1.49. The smallest absolute Gasteiger partial charge is 0.329 e. The first-order valence-electron chi connectivity index (χ1n) is 10.4. The molecule has 174 valence electrons. The highest BCUT2D eigenvalue weighted by molar-refractivity contribution is 6.35. The van der Waals surface area contributed by atoms with Crippen LogP contribution in [-0.4, -0.2) is 30.5 Å². The highest BCUT2D eigenvalue weighted by Gasteiger charge is 2.12. The quantitative estimate of drug-likeness (QED) is 0.249. The zero-order chi connectivity index (χ0) is 24.2. The maximum Gasteiger partial charge on any atom is 0.329 e. The molecule has 8 nitrogen and oxygen atoms in total. The molecule has 0 heterocycles. The van der Waals surface area contributed by atoms with Gasteiger partial charge in [-0.15, -0.1) is 0 Å². The molecular formula is C25H23ClN4O4. The number of hydrogen-bond acceptors (Lipinski definition) is 5. The number of halogens is 1. The van der Waals surface area contributed by atoms with Crippen molar-refractivity contribution in [2.45, 2.75) is 13.1 Å². The van der Waals surface area contributed by atoms with Gasteiger partial charge in [0.15, 0.2) is 6.61 Å². The molecule has 0 radical (unpaired) electrons. The van der Waals surface area contributed by atoms with Crippen molar-refractivity contribution in [2.24, 2.45) is 5.10 Å². The fourth-order valence-electron chi connectivity index (χ4n) is 2.81. The van der Waals surface area contributed by atoms with Crippen molar-refractivity contribution in [1.29, 1.82) is 0 Å². The van der Waals surface area contributed by atoms with Gasteiger partial charge >= 0.3 is 11.8 Å². The van der Waals surface area contributed by atoms with E-state index >= 15 is 0 Å². The second-order valence-electron chi connectivity index (χ2n) is 7.10. The lowest BCUT2D eigenvalue weighted by molar-refractivity contribution is -0.139. The zero-order valence-corrected chi connectivity index (χ0v) is 18.9. The van der Waals surface area contributed by atoms with E-state index in [1.165, 1.54) is 6.21 Å². The lowest BCUT2D eigenvalue weighted by Crippen LogP contribution is -2.37. The summed E-state index contributed by atoms with van der Waals surface area (Å²) in [6.07, 6.45) is 1.28. The Kier molecular flexibility index (Phi) is 9.19. The number of carbonyl (C=O) groups excluding carboxylic acids is 3. The molecule has 0 fully saturated rings. The molecule has 0 aliphatic heterocycles. The third kappa shape index (κ3) is 8.07. The van der Waals surface area contributed by atoms with Gasteiger partial charge < -0.3 is 15.4 Å². The van der Waals surface area contributed by atoms with Crippen molar-refractivity contribution in [2.75, 3.05) is 6.61 Å². The predicted octanol–water partition coefficient (Wildman–Crippen LogP) is 2.80. The maximum atomic E-state index is 12.1. The Morgan fingerprint density at radius 1 is 0.824 bits per heavy atom. The van der Waals surface area contributed by atoms with Crippen LogP contribution in [0.5, 0.6) is 5.75 Å². The summed E-state index contributed by atoms with van der Waals surface area (Å²) in [5.74, 6) is -1.70. The molecule has 0 atom stereocenters. The van der Waals surface area contributed by atoms with Crippen LogP contribution in [0.15, 0.2) is 84.0 Å². The average molecular weight is 479 g/mol. The van der Waals surface area contributed by atoms with Gasteiger partial charge in [0.05, 0.1) is 6.21 Å². The van der Waals surface area contributed by atoms with E-state index in [1.54, 1.807) is 18.2 Å². The van der Waals surface area contributed by atoms with Gasteiger partial charge in [0.1, 0.15) is 5.75 Å². The summed E-state index contributed by atoms with van der Waals surface area (Å²) >= 11 is 6.04. The topological polar surface area (TPSA) is 109 Å². The van der Waals surface area contributed by atoms with Crippen LogP contribution < -0.4 is 20.8 Å². The van der Waals surface area contributed by atoms with Gasteiger partial charge in [-0.3, -0.25) is 14.4 Å². The molecule has 3 amide bonds. The van der Waals surface area contributed by atoms with Crippen LogP contribution in [0.2, 0.25) is 5.02 Å². The van der Waals surface area contributed by atoms with Crippen molar-refractivity contribution in [3.63, 3.8) is 0 Å². The van der Waals surface area contributed by atoms with Crippen molar-refractivity contribution in [1.82, 2.24) is 16.1 Å². The standard InChI is InChI=1S/C25H23ClN4O4/c26-21-11-12-22(34-17-23(31)27-14-18-7-3-1-4-8-18)20(13-21)16-29-30-25(33)24(32)28-15-19-9-5-2-6-10-19/h1-13,16H,14-15,17H2,(H,27,31)(H,28,32)(H,30,33)/b29-16-. The normalized spacial score (nSPS) is 10.5. The van der Waals surface area contributed by atoms with E-state index in [0.29, 0.717) is 22.9 Å². The van der Waals surface area contributed by atoms with E-state index in [2.05, 4.69) is 21.2 Å². The third-order valence-corrected chi connectivity index (χ3v) is 4.77. The minimum Gasteiger partial charge on any atom is -0.483 e. The fourth-order valence-corrected chi connectivity index (χ4v) is 2.99. The molecule has 0 saturated carbocycles. The second-order valence-corrected chi connectivity index (χ2v) is 7.54. The first-order valence-corrected chi connectivity index (χ1v) is 10.8. The van der Waals surface area contributed by atoms with Crippen LogP contribution in [0.1, 0.15) is 16.7 Å². The molecule has 3 rings (SSSR count). The molecule has 3 aromatic rings. The van der Waals surface area contributed by atoms with Gasteiger partial charge in [-0.2, -0.15) is 5.10 Å². The van der Waals surface area contributed by atoms with Crippen LogP contribution >= 0.6 is 11.6 Å². The van der Waals surface area contributed by atoms with E-state index in [0.717, 1.165) is 11.1 Å². The Morgan fingerprint density at radius 2 is 1.44 bits per heavy atom. The third-order valence-electron chi connectivity index (χ3n) is 4.53. The number of benzene rings is 3. The number of ether oxygens (including phenoxy) is 1. The number of rotatable bonds is 9. The van der Waals surface area contributed by atoms with Gasteiger partial charge in [-0.05, 0) is 29.3 Å². The van der Waals surface area contributed by atoms with E-state index in [-0.39, 0.29) is 19.1 Å². The minimum atomic E-state index is -0.919. The van der Waals surface area contributed by atoms with Crippen LogP contribution in [0, 0.1) is 0 Å². The lowest BCUT2D eigenvalue weighted by Gasteiger charge is -2.10. The Hall–Kier alpha value is -4.17. The Labute approximate surface area is 202 Å². The Bertz CT molecular complexity index is 1150. The molecule has 3 N–H and O–H groups in total. The summed E-state index contributed by atoms with van der Waals surface area (Å²) in [6, 6.07) is 23.4. The monoisotopic (exact) mass is 478 g/mol. The van der Waals surface area contributed by atoms with Crippen LogP contribution in [-0.2, 0) is 27.5 Å². The van der Waals surface area contributed by atoms with Gasteiger partial charge in [0, 0.05) is 23.7 Å². The molecule has 0 aliphatic carbocycles. The SMILES string of the molecule is O=C(COc1ccc(Cl)cc1/C=N\NC(=O)C(=O)NCc1ccccc1)NCc1ccccc1. The van der Waals surface area contributed by atoms with E-state index in [1.807, 2.05) is 60.7 Å². The molecule has 0 bridgehead atoms. The summed E-state index contributed by atoms with van der Waals surface area (Å²) in [5.41, 5.74) is 4.41. The average Bonchev–Trinajstić information content (AvgIpc) is 2.86. The van der Waals surface area contributed by atoms with E-state index in [4.69, 9.17) is 16.3 Å². The summed E-state index contributed by atoms with van der Waals surface area (Å²) in [6.45, 7) is 0.384. The maximum absolute atomic E-state index is 12.1. The second kappa shape index (κ2) is 12.8. The molecule has 3 aromatic carbocycles. The van der Waals surface area contributed by atoms with Gasteiger partial charge in [0.25, 0.3) is 5.91 Å². The number of nitrogens with one attached hydrogen (secondary N) is 3. The van der Waals surface area contributed by atoms with Gasteiger partial charge in [0.2, 0.25) is 0 Å². The van der Waals surface area contributed by atoms with Gasteiger partial charge in [-0.1, -0.05) is 72.3 Å². The highest BCUT2D eigenvalue weighted by Crippen LogP contribution is 2.21. The van der Waals surface area contributed by atoms with Gasteiger partial charge in [-0.25, -0.2) is 5.43 Å². The summed E-state index contributed by atoms with van der Waals surface area (Å²) in [5, 5.41) is 9.49. The van der Waals surface area contributed by atoms with Crippen LogP contribution in [0.25, 0.3) is 0 Å². The van der Waals surface area contributed by atoms with Crippen LogP contribution in [0.3, 0.4) is 0 Å². The summed E-state index contributed by atoms with van der Waals surface area (Å²) < 4.78 is 5.58. The largest absolute Gasteiger partial charge is 0.483 e. The number of amides is 3. The molecule has 0 aliphatic rings. The minimum absolute atomic E-state index is 0.218. The molecular weight excluding hydrogens is 456 g/mol. The molecule has 0 spiro atoms. The first kappa shape index (κ1) is 24.5. The molecule has 9 heteroatoms. The van der Waals surface area contributed by atoms with Crippen molar-refractivity contribution in [3.8, 4) is 5.75 Å². The number of carbonyl (C=O) groups is 3. The zero-order valence-electron chi connectivity index (χ0n) is 18.2. The number of hydrazone groups is 1. The predicted molar refractivity (Wildman–Crippen MR) is 129 cm³/mol. The number of hydrogen-bond donors (Lipinski definition) is 3. The molecule has 0 aromatic heterocycles. The van der Waals surface area contributed by atoms with Crippen molar-refractivity contribution < 1.29 is 19.1 Å². The van der Waals surface area contributed by atoms with E-state index < -0.39 is 11.8 Å². The lowest BCUT2D eigenvalue weighted by atomic mass is 10.2. The van der Waals surface area contributed by atoms with Crippen LogP contribution in [0.4, 0.5) is 0 Å². The number of nitrogens with zero attached hydrogens (tertiary/aromatic N) is 1. The molecule has 34 heavy (non-hydrogen) atoms. The Morgan fingerprint density at radius 3 is 2.09 bits per heavy atom. The highest BCUT2D eigenvalue weighted by atomic mass is 35.5. The molecule has 0 unspecified atom stereocenters. The summed E-state index contributed by atoms with van der Waals surface area (Å²) in [4.78, 5) is 36.0. The molecule has 0 saturated heterocycles. The van der Waals surface area contributed by atoms with Crippen molar-refractivity contribution in [3.05, 3.63) is 101 Å². The first-order chi connectivity index (χ1) is 16.5. The summed E-state index contributed by atoms with van der Waals surface area (Å²) in [7, 11) is 0.